The highest BCUT2D eigenvalue weighted by Crippen LogP contribution is 2.34. The van der Waals surface area contributed by atoms with Crippen molar-refractivity contribution in [3.8, 4) is 11.5 Å². The van der Waals surface area contributed by atoms with Crippen molar-refractivity contribution in [1.29, 1.82) is 0 Å². The van der Waals surface area contributed by atoms with Crippen LogP contribution in [0.15, 0.2) is 79.9 Å². The lowest BCUT2D eigenvalue weighted by molar-refractivity contribution is 0.145. The normalized spacial score (nSPS) is 14.4. The second kappa shape index (κ2) is 11.9. The summed E-state index contributed by atoms with van der Waals surface area (Å²) in [5.41, 5.74) is 3.66. The molecule has 5 nitrogen and oxygen atoms in total. The molecule has 0 unspecified atom stereocenters. The second-order valence-corrected chi connectivity index (χ2v) is 9.19. The predicted octanol–water partition coefficient (Wildman–Crippen LogP) is 5.15. The van der Waals surface area contributed by atoms with E-state index < -0.39 is 0 Å². The van der Waals surface area contributed by atoms with Gasteiger partial charge in [0.1, 0.15) is 18.1 Å². The van der Waals surface area contributed by atoms with E-state index in [1.807, 2.05) is 36.4 Å². The van der Waals surface area contributed by atoms with Gasteiger partial charge in [0, 0.05) is 44.8 Å². The van der Waals surface area contributed by atoms with Gasteiger partial charge in [-0.25, -0.2) is 0 Å². The number of anilines is 1. The van der Waals surface area contributed by atoms with Gasteiger partial charge in [0.25, 0.3) is 0 Å². The first kappa shape index (κ1) is 24.8. The van der Waals surface area contributed by atoms with E-state index in [2.05, 4.69) is 47.2 Å². The van der Waals surface area contributed by atoms with Gasteiger partial charge in [-0.15, -0.1) is 13.2 Å². The topological polar surface area (TPSA) is 56.2 Å². The lowest BCUT2D eigenvalue weighted by atomic mass is 9.94. The minimum Gasteiger partial charge on any atom is -0.508 e. The molecule has 0 atom stereocenters. The Labute approximate surface area is 208 Å². The number of nitrogens with zero attached hydrogens (tertiary/aromatic N) is 2. The summed E-state index contributed by atoms with van der Waals surface area (Å²) in [6.45, 7) is 12.4. The third kappa shape index (κ3) is 6.44. The summed E-state index contributed by atoms with van der Waals surface area (Å²) < 4.78 is 5.98. The van der Waals surface area contributed by atoms with Crippen LogP contribution < -0.4 is 9.64 Å². The van der Waals surface area contributed by atoms with Crippen LogP contribution in [0.4, 0.5) is 5.69 Å². The smallest absolute Gasteiger partial charge is 0.119 e. The Balaban J connectivity index is 1.50. The van der Waals surface area contributed by atoms with Crippen molar-refractivity contribution in [2.75, 3.05) is 44.2 Å². The standard InChI is InChI=1S/C30H36N2O3/c1-3-15-31(16-4-2)19-20-35-27-9-5-23(6-10-27)21-29-28-11-8-26(34)22-24(28)7-12-30(29)32-17-13-25(33)14-18-32/h3-12,22,25,33-34H,1-2,13-21H2. The number of phenolic OH excluding ortho intramolecular Hbond substituents is 1. The van der Waals surface area contributed by atoms with Crippen molar-refractivity contribution in [3.05, 3.63) is 91.0 Å². The zero-order valence-corrected chi connectivity index (χ0v) is 20.4. The molecule has 1 fully saturated rings. The second-order valence-electron chi connectivity index (χ2n) is 9.19. The number of benzene rings is 3. The van der Waals surface area contributed by atoms with Gasteiger partial charge in [0.2, 0.25) is 0 Å². The number of phenols is 1. The molecule has 0 amide bonds. The minimum atomic E-state index is -0.208. The van der Waals surface area contributed by atoms with Gasteiger partial charge >= 0.3 is 0 Å². The zero-order valence-electron chi connectivity index (χ0n) is 20.4. The molecule has 184 valence electrons. The molecule has 0 aromatic heterocycles. The van der Waals surface area contributed by atoms with E-state index in [9.17, 15) is 10.2 Å². The fourth-order valence-corrected chi connectivity index (χ4v) is 4.78. The molecule has 1 heterocycles. The van der Waals surface area contributed by atoms with Crippen LogP contribution in [-0.2, 0) is 6.42 Å². The molecule has 0 bridgehead atoms. The Hall–Kier alpha value is -3.28. The molecule has 3 aromatic rings. The van der Waals surface area contributed by atoms with Gasteiger partial charge in [-0.3, -0.25) is 4.90 Å². The van der Waals surface area contributed by atoms with Crippen molar-refractivity contribution in [2.24, 2.45) is 0 Å². The average molecular weight is 473 g/mol. The molecule has 35 heavy (non-hydrogen) atoms. The fourth-order valence-electron chi connectivity index (χ4n) is 4.78. The van der Waals surface area contributed by atoms with Crippen LogP contribution in [0, 0.1) is 0 Å². The van der Waals surface area contributed by atoms with Crippen LogP contribution in [-0.4, -0.2) is 60.5 Å². The number of aromatic hydroxyl groups is 1. The van der Waals surface area contributed by atoms with Gasteiger partial charge in [-0.1, -0.05) is 36.4 Å². The Kier molecular flexibility index (Phi) is 8.45. The van der Waals surface area contributed by atoms with E-state index in [-0.39, 0.29) is 11.9 Å². The Morgan fingerprint density at radius 1 is 0.971 bits per heavy atom. The third-order valence-electron chi connectivity index (χ3n) is 6.65. The first-order chi connectivity index (χ1) is 17.1. The summed E-state index contributed by atoms with van der Waals surface area (Å²) in [6, 6.07) is 18.2. The first-order valence-corrected chi connectivity index (χ1v) is 12.4. The summed E-state index contributed by atoms with van der Waals surface area (Å²) >= 11 is 0. The molecular formula is C30H36N2O3. The molecule has 3 aromatic carbocycles. The number of ether oxygens (including phenoxy) is 1. The number of hydrogen-bond donors (Lipinski definition) is 2. The molecule has 0 saturated carbocycles. The van der Waals surface area contributed by atoms with Crippen LogP contribution >= 0.6 is 0 Å². The molecule has 0 spiro atoms. The van der Waals surface area contributed by atoms with Gasteiger partial charge in [-0.2, -0.15) is 0 Å². The quantitative estimate of drug-likeness (QED) is 0.378. The molecule has 5 heteroatoms. The van der Waals surface area contributed by atoms with E-state index in [0.29, 0.717) is 6.61 Å². The SMILES string of the molecule is C=CCN(CC=C)CCOc1ccc(Cc2c(N3CCC(O)CC3)ccc3cc(O)ccc23)cc1. The van der Waals surface area contributed by atoms with E-state index in [1.54, 1.807) is 6.07 Å². The van der Waals surface area contributed by atoms with Crippen LogP contribution in [0.3, 0.4) is 0 Å². The van der Waals surface area contributed by atoms with Crippen LogP contribution in [0.2, 0.25) is 0 Å². The van der Waals surface area contributed by atoms with Gasteiger partial charge < -0.3 is 19.8 Å². The highest BCUT2D eigenvalue weighted by atomic mass is 16.5. The average Bonchev–Trinajstić information content (AvgIpc) is 2.86. The summed E-state index contributed by atoms with van der Waals surface area (Å²) in [6.07, 6.45) is 5.94. The Morgan fingerprint density at radius 3 is 2.37 bits per heavy atom. The third-order valence-corrected chi connectivity index (χ3v) is 6.65. The van der Waals surface area contributed by atoms with E-state index >= 15 is 0 Å². The summed E-state index contributed by atoms with van der Waals surface area (Å²) in [7, 11) is 0. The monoisotopic (exact) mass is 472 g/mol. The maximum Gasteiger partial charge on any atom is 0.119 e. The number of aliphatic hydroxyl groups is 1. The van der Waals surface area contributed by atoms with Crippen molar-refractivity contribution in [1.82, 2.24) is 4.90 Å². The maximum atomic E-state index is 9.99. The number of hydrogen-bond acceptors (Lipinski definition) is 5. The fraction of sp³-hybridized carbons (Fsp3) is 0.333. The van der Waals surface area contributed by atoms with Crippen molar-refractivity contribution in [2.45, 2.75) is 25.4 Å². The van der Waals surface area contributed by atoms with Crippen molar-refractivity contribution < 1.29 is 14.9 Å². The highest BCUT2D eigenvalue weighted by Gasteiger charge is 2.21. The molecule has 1 saturated heterocycles. The largest absolute Gasteiger partial charge is 0.508 e. The van der Waals surface area contributed by atoms with Crippen LogP contribution in [0.25, 0.3) is 10.8 Å². The van der Waals surface area contributed by atoms with Crippen molar-refractivity contribution in [3.63, 3.8) is 0 Å². The molecule has 1 aliphatic rings. The Bertz CT molecular complexity index is 1120. The molecule has 2 N–H and O–H groups in total. The van der Waals surface area contributed by atoms with Gasteiger partial charge in [-0.05, 0) is 65.1 Å². The lowest BCUT2D eigenvalue weighted by Crippen LogP contribution is -2.36. The van der Waals surface area contributed by atoms with Gasteiger partial charge in [0.05, 0.1) is 6.10 Å². The maximum absolute atomic E-state index is 9.99. The summed E-state index contributed by atoms with van der Waals surface area (Å²) in [5.74, 6) is 1.14. The number of fused-ring (bicyclic) bond motifs is 1. The summed E-state index contributed by atoms with van der Waals surface area (Å²) in [5, 5.41) is 22.1. The van der Waals surface area contributed by atoms with E-state index in [1.165, 1.54) is 16.8 Å². The van der Waals surface area contributed by atoms with E-state index in [4.69, 9.17) is 4.74 Å². The predicted molar refractivity (Wildman–Crippen MR) is 145 cm³/mol. The number of piperidine rings is 1. The Morgan fingerprint density at radius 2 is 1.69 bits per heavy atom. The van der Waals surface area contributed by atoms with Crippen molar-refractivity contribution >= 4 is 16.5 Å². The lowest BCUT2D eigenvalue weighted by Gasteiger charge is -2.33. The molecule has 4 rings (SSSR count). The number of aliphatic hydroxyl groups excluding tert-OH is 1. The number of rotatable bonds is 11. The minimum absolute atomic E-state index is 0.208. The molecule has 0 aliphatic carbocycles. The highest BCUT2D eigenvalue weighted by molar-refractivity contribution is 5.91. The first-order valence-electron chi connectivity index (χ1n) is 12.4. The molecule has 0 radical (unpaired) electrons. The summed E-state index contributed by atoms with van der Waals surface area (Å²) in [4.78, 5) is 4.61. The van der Waals surface area contributed by atoms with Gasteiger partial charge in [0.15, 0.2) is 0 Å². The van der Waals surface area contributed by atoms with Crippen LogP contribution in [0.1, 0.15) is 24.0 Å². The molecular weight excluding hydrogens is 436 g/mol. The van der Waals surface area contributed by atoms with E-state index in [0.717, 1.165) is 68.5 Å². The zero-order chi connectivity index (χ0) is 24.6. The van der Waals surface area contributed by atoms with Crippen LogP contribution in [0.5, 0.6) is 11.5 Å². The molecule has 1 aliphatic heterocycles.